The van der Waals surface area contributed by atoms with Crippen LogP contribution in [-0.2, 0) is 10.0 Å². The zero-order valence-corrected chi connectivity index (χ0v) is 17.5. The maximum absolute atomic E-state index is 12.6. The van der Waals surface area contributed by atoms with Gasteiger partial charge in [0.05, 0.1) is 20.5 Å². The number of carbonyl (C=O) groups excluding carboxylic acids is 1. The van der Waals surface area contributed by atoms with Crippen LogP contribution >= 0.6 is 11.3 Å². The first-order valence-electron chi connectivity index (χ1n) is 8.51. The number of rotatable bonds is 6. The Labute approximate surface area is 167 Å². The molecule has 0 bridgehead atoms. The highest BCUT2D eigenvalue weighted by Crippen LogP contribution is 2.31. The highest BCUT2D eigenvalue weighted by molar-refractivity contribution is 7.88. The second-order valence-electron chi connectivity index (χ2n) is 6.19. The number of thiazole rings is 1. The molecule has 9 nitrogen and oxygen atoms in total. The number of benzene rings is 1. The Hall–Kier alpha value is -2.37. The van der Waals surface area contributed by atoms with Crippen LogP contribution in [0.4, 0.5) is 10.8 Å². The maximum Gasteiger partial charge on any atom is 0.273 e. The quantitative estimate of drug-likeness (QED) is 0.749. The first-order chi connectivity index (χ1) is 13.3. The standard InChI is InChI=1S/C17H22N4O5S2/c1-25-14-5-4-12(10-15(14)26-2)18-17-19-13(11-27-17)16(22)20-6-8-21(9-7-20)28(3,23)24/h4-5,10-11H,6-9H2,1-3H3,(H,18,19). The summed E-state index contributed by atoms with van der Waals surface area (Å²) in [6.07, 6.45) is 1.18. The zero-order chi connectivity index (χ0) is 20.3. The van der Waals surface area contributed by atoms with Gasteiger partial charge in [-0.15, -0.1) is 11.3 Å². The highest BCUT2D eigenvalue weighted by Gasteiger charge is 2.27. The van der Waals surface area contributed by atoms with Gasteiger partial charge in [0.15, 0.2) is 16.6 Å². The van der Waals surface area contributed by atoms with E-state index in [1.54, 1.807) is 36.6 Å². The minimum Gasteiger partial charge on any atom is -0.493 e. The van der Waals surface area contributed by atoms with Crippen LogP contribution in [0.15, 0.2) is 23.6 Å². The minimum atomic E-state index is -3.23. The van der Waals surface area contributed by atoms with Crippen LogP contribution in [0.1, 0.15) is 10.5 Å². The van der Waals surface area contributed by atoms with Crippen molar-refractivity contribution in [3.63, 3.8) is 0 Å². The number of nitrogens with one attached hydrogen (secondary N) is 1. The van der Waals surface area contributed by atoms with E-state index in [-0.39, 0.29) is 5.91 Å². The molecule has 0 saturated carbocycles. The van der Waals surface area contributed by atoms with Gasteiger partial charge in [-0.05, 0) is 12.1 Å². The number of piperazine rings is 1. The van der Waals surface area contributed by atoms with E-state index < -0.39 is 10.0 Å². The Morgan fingerprint density at radius 3 is 2.43 bits per heavy atom. The lowest BCUT2D eigenvalue weighted by atomic mass is 10.3. The van der Waals surface area contributed by atoms with E-state index in [1.807, 2.05) is 6.07 Å². The molecule has 28 heavy (non-hydrogen) atoms. The number of nitrogens with zero attached hydrogens (tertiary/aromatic N) is 3. The van der Waals surface area contributed by atoms with Crippen molar-refractivity contribution in [2.75, 3.05) is 52.0 Å². The van der Waals surface area contributed by atoms with Crippen molar-refractivity contribution in [3.8, 4) is 11.5 Å². The average molecular weight is 427 g/mol. The summed E-state index contributed by atoms with van der Waals surface area (Å²) in [5.41, 5.74) is 1.09. The van der Waals surface area contributed by atoms with Gasteiger partial charge in [0.1, 0.15) is 5.69 Å². The molecule has 2 aromatic rings. The van der Waals surface area contributed by atoms with Gasteiger partial charge in [-0.2, -0.15) is 4.31 Å². The number of anilines is 2. The molecule has 1 fully saturated rings. The first kappa shape index (κ1) is 20.4. The second kappa shape index (κ2) is 8.33. The maximum atomic E-state index is 12.6. The Morgan fingerprint density at radius 1 is 1.14 bits per heavy atom. The molecule has 1 saturated heterocycles. The Morgan fingerprint density at radius 2 is 1.82 bits per heavy atom. The van der Waals surface area contributed by atoms with Crippen molar-refractivity contribution >= 4 is 38.1 Å². The monoisotopic (exact) mass is 426 g/mol. The third-order valence-corrected chi connectivity index (χ3v) is 6.41. The number of ether oxygens (including phenoxy) is 2. The van der Waals surface area contributed by atoms with E-state index >= 15 is 0 Å². The molecule has 1 aromatic heterocycles. The molecule has 2 heterocycles. The summed E-state index contributed by atoms with van der Waals surface area (Å²) in [5.74, 6) is 1.00. The summed E-state index contributed by atoms with van der Waals surface area (Å²) in [7, 11) is -0.0987. The van der Waals surface area contributed by atoms with Gasteiger partial charge in [-0.3, -0.25) is 4.79 Å². The number of carbonyl (C=O) groups is 1. The molecule has 11 heteroatoms. The van der Waals surface area contributed by atoms with Crippen LogP contribution in [0.3, 0.4) is 0 Å². The molecule has 0 radical (unpaired) electrons. The van der Waals surface area contributed by atoms with Gasteiger partial charge in [-0.25, -0.2) is 13.4 Å². The fourth-order valence-corrected chi connectivity index (χ4v) is 4.38. The van der Waals surface area contributed by atoms with E-state index in [9.17, 15) is 13.2 Å². The summed E-state index contributed by atoms with van der Waals surface area (Å²) >= 11 is 1.32. The molecular formula is C17H22N4O5S2. The van der Waals surface area contributed by atoms with Crippen LogP contribution in [0.25, 0.3) is 0 Å². The molecule has 0 atom stereocenters. The number of sulfonamides is 1. The normalized spacial score (nSPS) is 15.3. The lowest BCUT2D eigenvalue weighted by Gasteiger charge is -2.32. The van der Waals surface area contributed by atoms with Crippen molar-refractivity contribution < 1.29 is 22.7 Å². The van der Waals surface area contributed by atoms with Gasteiger partial charge < -0.3 is 19.7 Å². The number of hydrogen-bond donors (Lipinski definition) is 1. The number of hydrogen-bond acceptors (Lipinski definition) is 8. The van der Waals surface area contributed by atoms with Crippen molar-refractivity contribution in [3.05, 3.63) is 29.3 Å². The molecular weight excluding hydrogens is 404 g/mol. The number of amides is 1. The van der Waals surface area contributed by atoms with Gasteiger partial charge in [0.25, 0.3) is 5.91 Å². The van der Waals surface area contributed by atoms with Crippen molar-refractivity contribution in [2.45, 2.75) is 0 Å². The van der Waals surface area contributed by atoms with Crippen LogP contribution < -0.4 is 14.8 Å². The third kappa shape index (κ3) is 4.54. The summed E-state index contributed by atoms with van der Waals surface area (Å²) in [6, 6.07) is 5.39. The van der Waals surface area contributed by atoms with Gasteiger partial charge in [0, 0.05) is 43.3 Å². The van der Waals surface area contributed by atoms with E-state index in [2.05, 4.69) is 10.3 Å². The van der Waals surface area contributed by atoms with Crippen LogP contribution in [0, 0.1) is 0 Å². The SMILES string of the molecule is COc1ccc(Nc2nc(C(=O)N3CCN(S(C)(=O)=O)CC3)cs2)cc1OC. The van der Waals surface area contributed by atoms with E-state index in [0.717, 1.165) is 5.69 Å². The summed E-state index contributed by atoms with van der Waals surface area (Å²) in [4.78, 5) is 18.6. The van der Waals surface area contributed by atoms with Crippen LogP contribution in [0.5, 0.6) is 11.5 Å². The Bertz CT molecular complexity index is 952. The predicted molar refractivity (Wildman–Crippen MR) is 107 cm³/mol. The molecule has 3 rings (SSSR count). The Kier molecular flexibility index (Phi) is 6.06. The molecule has 1 aliphatic heterocycles. The lowest BCUT2D eigenvalue weighted by Crippen LogP contribution is -2.50. The second-order valence-corrected chi connectivity index (χ2v) is 9.03. The topological polar surface area (TPSA) is 101 Å². The molecule has 0 unspecified atom stereocenters. The summed E-state index contributed by atoms with van der Waals surface area (Å²) < 4.78 is 35.0. The summed E-state index contributed by atoms with van der Waals surface area (Å²) in [5, 5.41) is 5.41. The van der Waals surface area contributed by atoms with E-state index in [1.165, 1.54) is 21.9 Å². The fraction of sp³-hybridized carbons (Fsp3) is 0.412. The minimum absolute atomic E-state index is 0.204. The van der Waals surface area contributed by atoms with E-state index in [4.69, 9.17) is 9.47 Å². The Balaban J connectivity index is 1.65. The van der Waals surface area contributed by atoms with Crippen molar-refractivity contribution in [1.82, 2.24) is 14.2 Å². The molecule has 1 aliphatic rings. The molecule has 0 spiro atoms. The lowest BCUT2D eigenvalue weighted by molar-refractivity contribution is 0.0693. The van der Waals surface area contributed by atoms with Crippen LogP contribution in [-0.4, -0.2) is 75.2 Å². The molecule has 1 aromatic carbocycles. The zero-order valence-electron chi connectivity index (χ0n) is 15.8. The number of aromatic nitrogens is 1. The van der Waals surface area contributed by atoms with E-state index in [0.29, 0.717) is 48.5 Å². The highest BCUT2D eigenvalue weighted by atomic mass is 32.2. The van der Waals surface area contributed by atoms with Crippen molar-refractivity contribution in [2.24, 2.45) is 0 Å². The molecule has 1 N–H and O–H groups in total. The van der Waals surface area contributed by atoms with Gasteiger partial charge >= 0.3 is 0 Å². The third-order valence-electron chi connectivity index (χ3n) is 4.35. The predicted octanol–water partition coefficient (Wildman–Crippen LogP) is 1.62. The average Bonchev–Trinajstić information content (AvgIpc) is 3.15. The summed E-state index contributed by atoms with van der Waals surface area (Å²) in [6.45, 7) is 1.29. The number of methoxy groups -OCH3 is 2. The molecule has 1 amide bonds. The largest absolute Gasteiger partial charge is 0.493 e. The van der Waals surface area contributed by atoms with Gasteiger partial charge in [-0.1, -0.05) is 0 Å². The molecule has 0 aliphatic carbocycles. The van der Waals surface area contributed by atoms with Crippen molar-refractivity contribution in [1.29, 1.82) is 0 Å². The fourth-order valence-electron chi connectivity index (χ4n) is 2.85. The van der Waals surface area contributed by atoms with Gasteiger partial charge in [0.2, 0.25) is 10.0 Å². The molecule has 152 valence electrons. The first-order valence-corrected chi connectivity index (χ1v) is 11.2. The van der Waals surface area contributed by atoms with Crippen LogP contribution in [0.2, 0.25) is 0 Å². The smallest absolute Gasteiger partial charge is 0.273 e.